The SMILES string of the molecule is COc1ccc(C(O)c2ccc(F)c(C)c2)cc1Br. The molecule has 19 heavy (non-hydrogen) atoms. The topological polar surface area (TPSA) is 29.5 Å². The monoisotopic (exact) mass is 324 g/mol. The predicted molar refractivity (Wildman–Crippen MR) is 75.9 cm³/mol. The Hall–Kier alpha value is -1.39. The van der Waals surface area contributed by atoms with Gasteiger partial charge in [0.05, 0.1) is 11.6 Å². The zero-order valence-corrected chi connectivity index (χ0v) is 12.2. The molecule has 0 aromatic heterocycles. The van der Waals surface area contributed by atoms with Crippen molar-refractivity contribution in [3.8, 4) is 5.75 Å². The lowest BCUT2D eigenvalue weighted by molar-refractivity contribution is 0.220. The fraction of sp³-hybridized carbons (Fsp3) is 0.200. The fourth-order valence-electron chi connectivity index (χ4n) is 1.88. The molecule has 0 saturated heterocycles. The summed E-state index contributed by atoms with van der Waals surface area (Å²) in [5.74, 6) is 0.429. The van der Waals surface area contributed by atoms with Gasteiger partial charge in [-0.05, 0) is 57.7 Å². The minimum absolute atomic E-state index is 0.271. The summed E-state index contributed by atoms with van der Waals surface area (Å²) in [6.07, 6.45) is -0.790. The Morgan fingerprint density at radius 1 is 1.16 bits per heavy atom. The molecule has 0 bridgehead atoms. The maximum Gasteiger partial charge on any atom is 0.133 e. The van der Waals surface area contributed by atoms with E-state index in [0.717, 1.165) is 10.0 Å². The quantitative estimate of drug-likeness (QED) is 0.925. The van der Waals surface area contributed by atoms with E-state index in [2.05, 4.69) is 15.9 Å². The highest BCUT2D eigenvalue weighted by Gasteiger charge is 2.13. The van der Waals surface area contributed by atoms with Crippen molar-refractivity contribution in [1.82, 2.24) is 0 Å². The number of rotatable bonds is 3. The van der Waals surface area contributed by atoms with Gasteiger partial charge in [-0.1, -0.05) is 18.2 Å². The molecule has 1 unspecified atom stereocenters. The summed E-state index contributed by atoms with van der Waals surface area (Å²) in [6.45, 7) is 1.68. The molecular formula is C15H14BrFO2. The van der Waals surface area contributed by atoms with E-state index in [-0.39, 0.29) is 5.82 Å². The third-order valence-electron chi connectivity index (χ3n) is 2.99. The maximum atomic E-state index is 13.2. The van der Waals surface area contributed by atoms with Gasteiger partial charge in [0, 0.05) is 0 Å². The molecule has 0 aliphatic rings. The number of aryl methyl sites for hydroxylation is 1. The van der Waals surface area contributed by atoms with Crippen molar-refractivity contribution >= 4 is 15.9 Å². The Bertz CT molecular complexity index is 599. The van der Waals surface area contributed by atoms with Crippen molar-refractivity contribution in [2.75, 3.05) is 7.11 Å². The van der Waals surface area contributed by atoms with Gasteiger partial charge in [-0.25, -0.2) is 4.39 Å². The smallest absolute Gasteiger partial charge is 0.133 e. The van der Waals surface area contributed by atoms with Crippen LogP contribution < -0.4 is 4.74 Å². The molecule has 0 aliphatic carbocycles. The number of aliphatic hydroxyl groups excluding tert-OH is 1. The van der Waals surface area contributed by atoms with Gasteiger partial charge in [-0.3, -0.25) is 0 Å². The van der Waals surface area contributed by atoms with E-state index in [1.807, 2.05) is 0 Å². The average molecular weight is 325 g/mol. The molecule has 2 nitrogen and oxygen atoms in total. The average Bonchev–Trinajstić information content (AvgIpc) is 2.41. The normalized spacial score (nSPS) is 12.3. The lowest BCUT2D eigenvalue weighted by Gasteiger charge is -2.14. The predicted octanol–water partition coefficient (Wildman–Crippen LogP) is 3.99. The summed E-state index contributed by atoms with van der Waals surface area (Å²) in [5, 5.41) is 10.3. The number of ether oxygens (including phenoxy) is 1. The number of methoxy groups -OCH3 is 1. The van der Waals surface area contributed by atoms with Gasteiger partial charge in [-0.2, -0.15) is 0 Å². The summed E-state index contributed by atoms with van der Waals surface area (Å²) in [4.78, 5) is 0. The molecule has 2 aromatic rings. The molecule has 2 rings (SSSR count). The van der Waals surface area contributed by atoms with Gasteiger partial charge >= 0.3 is 0 Å². The molecule has 100 valence electrons. The van der Waals surface area contributed by atoms with Crippen molar-refractivity contribution in [2.45, 2.75) is 13.0 Å². The van der Waals surface area contributed by atoms with Crippen LogP contribution in [0.25, 0.3) is 0 Å². The Kier molecular flexibility index (Phi) is 4.22. The molecule has 0 amide bonds. The zero-order valence-electron chi connectivity index (χ0n) is 10.7. The molecule has 0 saturated carbocycles. The number of hydrogen-bond acceptors (Lipinski definition) is 2. The summed E-state index contributed by atoms with van der Waals surface area (Å²) < 4.78 is 19.1. The van der Waals surface area contributed by atoms with Crippen molar-refractivity contribution < 1.29 is 14.2 Å². The first kappa shape index (κ1) is 14.0. The van der Waals surface area contributed by atoms with Crippen LogP contribution in [0.3, 0.4) is 0 Å². The van der Waals surface area contributed by atoms with Crippen molar-refractivity contribution in [3.05, 3.63) is 63.4 Å². The summed E-state index contributed by atoms with van der Waals surface area (Å²) in [6, 6.07) is 9.96. The van der Waals surface area contributed by atoms with Crippen LogP contribution in [0.1, 0.15) is 22.8 Å². The second kappa shape index (κ2) is 5.72. The van der Waals surface area contributed by atoms with E-state index in [0.29, 0.717) is 16.9 Å². The second-order valence-electron chi connectivity index (χ2n) is 4.31. The van der Waals surface area contributed by atoms with Crippen LogP contribution in [0.4, 0.5) is 4.39 Å². The molecule has 1 N–H and O–H groups in total. The second-order valence-corrected chi connectivity index (χ2v) is 5.16. The van der Waals surface area contributed by atoms with Gasteiger partial charge in [-0.15, -0.1) is 0 Å². The highest BCUT2D eigenvalue weighted by atomic mass is 79.9. The third kappa shape index (κ3) is 2.96. The van der Waals surface area contributed by atoms with Crippen LogP contribution >= 0.6 is 15.9 Å². The standard InChI is InChI=1S/C15H14BrFO2/c1-9-7-10(3-5-13(9)17)15(18)11-4-6-14(19-2)12(16)8-11/h3-8,15,18H,1-2H3. The van der Waals surface area contributed by atoms with Crippen LogP contribution in [0, 0.1) is 12.7 Å². The maximum absolute atomic E-state index is 13.2. The van der Waals surface area contributed by atoms with Crippen molar-refractivity contribution in [2.24, 2.45) is 0 Å². The van der Waals surface area contributed by atoms with E-state index in [1.54, 1.807) is 44.4 Å². The molecule has 0 radical (unpaired) electrons. The van der Waals surface area contributed by atoms with Crippen LogP contribution in [0.15, 0.2) is 40.9 Å². The van der Waals surface area contributed by atoms with E-state index in [9.17, 15) is 9.50 Å². The van der Waals surface area contributed by atoms with E-state index < -0.39 is 6.10 Å². The van der Waals surface area contributed by atoms with E-state index in [1.165, 1.54) is 6.07 Å². The Labute approximate surface area is 120 Å². The Morgan fingerprint density at radius 2 is 1.79 bits per heavy atom. The molecule has 1 atom stereocenters. The number of benzene rings is 2. The summed E-state index contributed by atoms with van der Waals surface area (Å²) >= 11 is 3.38. The van der Waals surface area contributed by atoms with Crippen LogP contribution in [0.5, 0.6) is 5.75 Å². The van der Waals surface area contributed by atoms with Crippen LogP contribution in [-0.2, 0) is 0 Å². The third-order valence-corrected chi connectivity index (χ3v) is 3.61. The highest BCUT2D eigenvalue weighted by molar-refractivity contribution is 9.10. The van der Waals surface area contributed by atoms with Crippen LogP contribution in [0.2, 0.25) is 0 Å². The molecule has 0 heterocycles. The zero-order chi connectivity index (χ0) is 14.0. The van der Waals surface area contributed by atoms with Gasteiger partial charge in [0.25, 0.3) is 0 Å². The number of aliphatic hydroxyl groups is 1. The fourth-order valence-corrected chi connectivity index (χ4v) is 2.44. The Morgan fingerprint density at radius 3 is 2.37 bits per heavy atom. The summed E-state index contributed by atoms with van der Waals surface area (Å²) in [5.41, 5.74) is 1.90. The molecule has 2 aromatic carbocycles. The first-order valence-electron chi connectivity index (χ1n) is 5.80. The highest BCUT2D eigenvalue weighted by Crippen LogP contribution is 2.31. The van der Waals surface area contributed by atoms with E-state index >= 15 is 0 Å². The minimum atomic E-state index is -0.790. The van der Waals surface area contributed by atoms with Gasteiger partial charge in [0.15, 0.2) is 0 Å². The van der Waals surface area contributed by atoms with Gasteiger partial charge < -0.3 is 9.84 Å². The molecule has 4 heteroatoms. The molecule has 0 fully saturated rings. The largest absolute Gasteiger partial charge is 0.496 e. The molecule has 0 aliphatic heterocycles. The summed E-state index contributed by atoms with van der Waals surface area (Å²) in [7, 11) is 1.58. The van der Waals surface area contributed by atoms with Crippen LogP contribution in [-0.4, -0.2) is 12.2 Å². The molecule has 0 spiro atoms. The lowest BCUT2D eigenvalue weighted by Crippen LogP contribution is -2.01. The van der Waals surface area contributed by atoms with E-state index in [4.69, 9.17) is 4.74 Å². The van der Waals surface area contributed by atoms with Gasteiger partial charge in [0.2, 0.25) is 0 Å². The van der Waals surface area contributed by atoms with Gasteiger partial charge in [0.1, 0.15) is 17.7 Å². The van der Waals surface area contributed by atoms with Crippen molar-refractivity contribution in [1.29, 1.82) is 0 Å². The number of halogens is 2. The first-order chi connectivity index (χ1) is 9.02. The Balaban J connectivity index is 2.35. The minimum Gasteiger partial charge on any atom is -0.496 e. The number of hydrogen-bond donors (Lipinski definition) is 1. The lowest BCUT2D eigenvalue weighted by atomic mass is 10.00. The first-order valence-corrected chi connectivity index (χ1v) is 6.59. The van der Waals surface area contributed by atoms with Crippen molar-refractivity contribution in [3.63, 3.8) is 0 Å². The molecular weight excluding hydrogens is 311 g/mol.